The first-order valence-corrected chi connectivity index (χ1v) is 6.87. The summed E-state index contributed by atoms with van der Waals surface area (Å²) in [4.78, 5) is 11.7. The highest BCUT2D eigenvalue weighted by Crippen LogP contribution is 2.16. The Labute approximate surface area is 117 Å². The Hall–Kier alpha value is -0.870. The van der Waals surface area contributed by atoms with E-state index in [1.54, 1.807) is 0 Å². The van der Waals surface area contributed by atoms with Gasteiger partial charge in [0.1, 0.15) is 0 Å². The van der Waals surface area contributed by atoms with Crippen LogP contribution in [0.1, 0.15) is 39.3 Å². The fourth-order valence-electron chi connectivity index (χ4n) is 1.58. The van der Waals surface area contributed by atoms with Crippen LogP contribution in [0, 0.1) is 0 Å². The lowest BCUT2D eigenvalue weighted by molar-refractivity contribution is -0.121. The van der Waals surface area contributed by atoms with Crippen molar-refractivity contribution in [3.63, 3.8) is 0 Å². The minimum absolute atomic E-state index is 0.0199. The number of rotatable bonds is 4. The van der Waals surface area contributed by atoms with Crippen LogP contribution in [0.2, 0.25) is 0 Å². The predicted octanol–water partition coefficient (Wildman–Crippen LogP) is 3.01. The van der Waals surface area contributed by atoms with Crippen molar-refractivity contribution in [2.75, 3.05) is 6.54 Å². The van der Waals surface area contributed by atoms with E-state index in [0.29, 0.717) is 6.54 Å². The van der Waals surface area contributed by atoms with E-state index >= 15 is 0 Å². The summed E-state index contributed by atoms with van der Waals surface area (Å²) in [6.07, 6.45) is 0. The molecule has 18 heavy (non-hydrogen) atoms. The van der Waals surface area contributed by atoms with Gasteiger partial charge in [-0.15, -0.1) is 0 Å². The van der Waals surface area contributed by atoms with Crippen LogP contribution in [-0.4, -0.2) is 18.0 Å². The van der Waals surface area contributed by atoms with E-state index in [2.05, 4.69) is 26.6 Å². The average Bonchev–Trinajstić information content (AvgIpc) is 2.24. The van der Waals surface area contributed by atoms with E-state index < -0.39 is 0 Å². The molecule has 0 saturated carbocycles. The van der Waals surface area contributed by atoms with Gasteiger partial charge in [0.2, 0.25) is 5.91 Å². The van der Waals surface area contributed by atoms with Gasteiger partial charge < -0.3 is 10.6 Å². The lowest BCUT2D eigenvalue weighted by Gasteiger charge is -2.21. The molecule has 2 N–H and O–H groups in total. The van der Waals surface area contributed by atoms with Gasteiger partial charge in [0.25, 0.3) is 0 Å². The Morgan fingerprint density at radius 1 is 1.28 bits per heavy atom. The molecule has 1 rings (SSSR count). The molecule has 0 fully saturated rings. The third kappa shape index (κ3) is 5.65. The molecule has 1 amide bonds. The number of amides is 1. The summed E-state index contributed by atoms with van der Waals surface area (Å²) in [7, 11) is 0. The molecule has 0 aliphatic heterocycles. The van der Waals surface area contributed by atoms with E-state index in [4.69, 9.17) is 0 Å². The largest absolute Gasteiger partial charge is 0.350 e. The maximum absolute atomic E-state index is 11.7. The monoisotopic (exact) mass is 312 g/mol. The molecule has 0 spiro atoms. The Bertz CT molecular complexity index is 395. The summed E-state index contributed by atoms with van der Waals surface area (Å²) in [5.41, 5.74) is 0.987. The van der Waals surface area contributed by atoms with Crippen LogP contribution in [0.4, 0.5) is 0 Å². The van der Waals surface area contributed by atoms with Gasteiger partial charge in [-0.1, -0.05) is 28.1 Å². The van der Waals surface area contributed by atoms with Crippen LogP contribution in [0.25, 0.3) is 0 Å². The zero-order valence-electron chi connectivity index (χ0n) is 11.4. The molecule has 0 unspecified atom stereocenters. The molecular formula is C14H21BrN2O. The molecule has 0 aliphatic carbocycles. The predicted molar refractivity (Wildman–Crippen MR) is 78.5 cm³/mol. The van der Waals surface area contributed by atoms with Gasteiger partial charge in [0.05, 0.1) is 6.54 Å². The number of nitrogens with one attached hydrogen (secondary N) is 2. The lowest BCUT2D eigenvalue weighted by Crippen LogP contribution is -2.45. The highest BCUT2D eigenvalue weighted by molar-refractivity contribution is 9.10. The van der Waals surface area contributed by atoms with Crippen LogP contribution < -0.4 is 10.6 Å². The van der Waals surface area contributed by atoms with Crippen molar-refractivity contribution in [1.82, 2.24) is 10.6 Å². The number of hydrogen-bond donors (Lipinski definition) is 2. The molecular weight excluding hydrogens is 292 g/mol. The molecule has 3 nitrogen and oxygen atoms in total. The van der Waals surface area contributed by atoms with E-state index in [-0.39, 0.29) is 17.5 Å². The van der Waals surface area contributed by atoms with Gasteiger partial charge in [-0.3, -0.25) is 4.79 Å². The van der Waals surface area contributed by atoms with Crippen LogP contribution in [0.3, 0.4) is 0 Å². The van der Waals surface area contributed by atoms with Crippen molar-refractivity contribution < 1.29 is 4.79 Å². The van der Waals surface area contributed by atoms with Crippen molar-refractivity contribution in [2.45, 2.75) is 39.3 Å². The maximum Gasteiger partial charge on any atom is 0.234 e. The Balaban J connectivity index is 2.44. The molecule has 100 valence electrons. The quantitative estimate of drug-likeness (QED) is 0.897. The van der Waals surface area contributed by atoms with Crippen molar-refractivity contribution in [3.8, 4) is 0 Å². The van der Waals surface area contributed by atoms with Gasteiger partial charge in [0, 0.05) is 16.1 Å². The average molecular weight is 313 g/mol. The van der Waals surface area contributed by atoms with E-state index in [1.165, 1.54) is 5.56 Å². The second-order valence-electron chi connectivity index (χ2n) is 5.45. The van der Waals surface area contributed by atoms with Crippen LogP contribution >= 0.6 is 15.9 Å². The molecule has 0 aromatic heterocycles. The molecule has 1 aromatic rings. The summed E-state index contributed by atoms with van der Waals surface area (Å²) in [5.74, 6) is 0.0199. The first-order valence-electron chi connectivity index (χ1n) is 6.08. The number of carbonyl (C=O) groups excluding carboxylic acids is 1. The van der Waals surface area contributed by atoms with Gasteiger partial charge >= 0.3 is 0 Å². The number of hydrogen-bond acceptors (Lipinski definition) is 2. The van der Waals surface area contributed by atoms with Gasteiger partial charge in [-0.05, 0) is 45.4 Å². The zero-order chi connectivity index (χ0) is 13.8. The topological polar surface area (TPSA) is 41.1 Å². The van der Waals surface area contributed by atoms with Crippen LogP contribution in [0.5, 0.6) is 0 Å². The van der Waals surface area contributed by atoms with Crippen molar-refractivity contribution >= 4 is 21.8 Å². The van der Waals surface area contributed by atoms with Crippen LogP contribution in [-0.2, 0) is 4.79 Å². The first-order chi connectivity index (χ1) is 8.28. The van der Waals surface area contributed by atoms with E-state index in [0.717, 1.165) is 4.47 Å². The summed E-state index contributed by atoms with van der Waals surface area (Å²) < 4.78 is 1.06. The van der Waals surface area contributed by atoms with Gasteiger partial charge in [-0.2, -0.15) is 0 Å². The number of benzene rings is 1. The Morgan fingerprint density at radius 2 is 1.83 bits per heavy atom. The zero-order valence-corrected chi connectivity index (χ0v) is 13.0. The maximum atomic E-state index is 11.7. The second kappa shape index (κ2) is 6.34. The lowest BCUT2D eigenvalue weighted by atomic mass is 10.1. The standard InChI is InChI=1S/C14H21BrN2O/c1-10(11-5-7-12(15)8-6-11)16-9-13(18)17-14(2,3)4/h5-8,10,16H,9H2,1-4H3,(H,17,18)/t10-/m1/s1. The van der Waals surface area contributed by atoms with Gasteiger partial charge in [-0.25, -0.2) is 0 Å². The molecule has 0 radical (unpaired) electrons. The normalized spacial score (nSPS) is 13.2. The Kier molecular flexibility index (Phi) is 5.35. The third-order valence-electron chi connectivity index (χ3n) is 2.45. The second-order valence-corrected chi connectivity index (χ2v) is 6.37. The summed E-state index contributed by atoms with van der Waals surface area (Å²) in [6.45, 7) is 8.30. The molecule has 0 aliphatic rings. The van der Waals surface area contributed by atoms with E-state index in [9.17, 15) is 4.79 Å². The van der Waals surface area contributed by atoms with Crippen molar-refractivity contribution in [2.24, 2.45) is 0 Å². The fraction of sp³-hybridized carbons (Fsp3) is 0.500. The smallest absolute Gasteiger partial charge is 0.234 e. The number of carbonyl (C=O) groups is 1. The van der Waals surface area contributed by atoms with Crippen molar-refractivity contribution in [3.05, 3.63) is 34.3 Å². The summed E-state index contributed by atoms with van der Waals surface area (Å²) >= 11 is 3.41. The minimum atomic E-state index is -0.181. The summed E-state index contributed by atoms with van der Waals surface area (Å²) in [5, 5.41) is 6.14. The minimum Gasteiger partial charge on any atom is -0.350 e. The highest BCUT2D eigenvalue weighted by Gasteiger charge is 2.14. The van der Waals surface area contributed by atoms with Crippen molar-refractivity contribution in [1.29, 1.82) is 0 Å². The molecule has 0 bridgehead atoms. The molecule has 0 heterocycles. The highest BCUT2D eigenvalue weighted by atomic mass is 79.9. The SMILES string of the molecule is C[C@@H](NCC(=O)NC(C)(C)C)c1ccc(Br)cc1. The third-order valence-corrected chi connectivity index (χ3v) is 2.98. The summed E-state index contributed by atoms with van der Waals surface area (Å²) in [6, 6.07) is 8.25. The molecule has 1 aromatic carbocycles. The molecule has 1 atom stereocenters. The number of halogens is 1. The Morgan fingerprint density at radius 3 is 2.33 bits per heavy atom. The van der Waals surface area contributed by atoms with Gasteiger partial charge in [0.15, 0.2) is 0 Å². The first kappa shape index (κ1) is 15.2. The molecule has 0 saturated heterocycles. The van der Waals surface area contributed by atoms with E-state index in [1.807, 2.05) is 52.0 Å². The van der Waals surface area contributed by atoms with Crippen LogP contribution in [0.15, 0.2) is 28.7 Å². The molecule has 4 heteroatoms. The fourth-order valence-corrected chi connectivity index (χ4v) is 1.84.